The molecule has 3 aromatic carbocycles. The van der Waals surface area contributed by atoms with Crippen molar-refractivity contribution >= 4 is 44.6 Å². The van der Waals surface area contributed by atoms with E-state index in [1.807, 2.05) is 54.8 Å². The van der Waals surface area contributed by atoms with Crippen LogP contribution in [-0.2, 0) is 9.84 Å². The summed E-state index contributed by atoms with van der Waals surface area (Å²) in [6.45, 7) is 4.20. The Balaban J connectivity index is 1.76. The van der Waals surface area contributed by atoms with E-state index in [1.165, 1.54) is 23.9 Å². The lowest BCUT2D eigenvalue weighted by molar-refractivity contribution is 0.596. The molecule has 0 aliphatic carbocycles. The van der Waals surface area contributed by atoms with Gasteiger partial charge in [0.1, 0.15) is 5.82 Å². The predicted molar refractivity (Wildman–Crippen MR) is 144 cm³/mol. The van der Waals surface area contributed by atoms with Gasteiger partial charge in [0.15, 0.2) is 9.84 Å². The standard InChI is InChI=1S/C27H22ClFN2O2S2/c1-17(31-20-7-10-26(28)25(15-20)27-6-4-5-11-30-27)23-9-8-21(34-2)16-24(23)18-12-19(29)14-22(13-18)35(3,32)33/h4-16,31H,1H2,2-3H3. The fourth-order valence-corrected chi connectivity index (χ4v) is 4.97. The molecule has 4 aromatic rings. The van der Waals surface area contributed by atoms with Crippen LogP contribution in [0.15, 0.2) is 95.4 Å². The third-order valence-corrected chi connectivity index (χ3v) is 7.51. The summed E-state index contributed by atoms with van der Waals surface area (Å²) >= 11 is 7.95. The van der Waals surface area contributed by atoms with Gasteiger partial charge in [0.2, 0.25) is 0 Å². The average Bonchev–Trinajstić information content (AvgIpc) is 2.84. The molecule has 4 nitrogen and oxygen atoms in total. The molecule has 0 amide bonds. The lowest BCUT2D eigenvalue weighted by Gasteiger charge is -2.17. The molecule has 35 heavy (non-hydrogen) atoms. The highest BCUT2D eigenvalue weighted by Crippen LogP contribution is 2.35. The van der Waals surface area contributed by atoms with Gasteiger partial charge in [0, 0.05) is 39.9 Å². The first-order valence-electron chi connectivity index (χ1n) is 10.5. The number of halogens is 2. The maximum Gasteiger partial charge on any atom is 0.175 e. The normalized spacial score (nSPS) is 11.3. The van der Waals surface area contributed by atoms with Crippen molar-refractivity contribution in [1.82, 2.24) is 4.98 Å². The molecule has 0 atom stereocenters. The van der Waals surface area contributed by atoms with Gasteiger partial charge in [-0.05, 0) is 78.0 Å². The largest absolute Gasteiger partial charge is 0.355 e. The summed E-state index contributed by atoms with van der Waals surface area (Å²) in [6.07, 6.45) is 4.70. The lowest BCUT2D eigenvalue weighted by Crippen LogP contribution is -2.02. The Hall–Kier alpha value is -3.13. The summed E-state index contributed by atoms with van der Waals surface area (Å²) in [5, 5.41) is 3.87. The second kappa shape index (κ2) is 10.2. The second-order valence-electron chi connectivity index (χ2n) is 7.87. The van der Waals surface area contributed by atoms with E-state index < -0.39 is 15.7 Å². The zero-order valence-electron chi connectivity index (χ0n) is 19.0. The molecule has 1 heterocycles. The smallest absolute Gasteiger partial charge is 0.175 e. The van der Waals surface area contributed by atoms with E-state index >= 15 is 0 Å². The highest BCUT2D eigenvalue weighted by Gasteiger charge is 2.16. The van der Waals surface area contributed by atoms with E-state index in [1.54, 1.807) is 12.3 Å². The van der Waals surface area contributed by atoms with Crippen LogP contribution >= 0.6 is 23.4 Å². The van der Waals surface area contributed by atoms with Crippen molar-refractivity contribution in [1.29, 1.82) is 0 Å². The van der Waals surface area contributed by atoms with Crippen LogP contribution in [-0.4, -0.2) is 25.9 Å². The Kier molecular flexibility index (Phi) is 7.31. The molecule has 0 aliphatic heterocycles. The lowest BCUT2D eigenvalue weighted by atomic mass is 9.97. The number of nitrogens with one attached hydrogen (secondary N) is 1. The molecule has 0 saturated heterocycles. The minimum absolute atomic E-state index is 0.0794. The molecule has 8 heteroatoms. The topological polar surface area (TPSA) is 59.1 Å². The second-order valence-corrected chi connectivity index (χ2v) is 11.2. The summed E-state index contributed by atoms with van der Waals surface area (Å²) in [5.41, 5.74) is 4.64. The summed E-state index contributed by atoms with van der Waals surface area (Å²) in [5.74, 6) is -0.625. The van der Waals surface area contributed by atoms with Crippen molar-refractivity contribution < 1.29 is 12.8 Å². The van der Waals surface area contributed by atoms with Crippen molar-refractivity contribution in [2.24, 2.45) is 0 Å². The minimum Gasteiger partial charge on any atom is -0.355 e. The zero-order chi connectivity index (χ0) is 25.2. The van der Waals surface area contributed by atoms with E-state index in [4.69, 9.17) is 11.6 Å². The van der Waals surface area contributed by atoms with Crippen molar-refractivity contribution in [2.45, 2.75) is 9.79 Å². The van der Waals surface area contributed by atoms with Crippen molar-refractivity contribution in [3.8, 4) is 22.4 Å². The molecule has 1 aromatic heterocycles. The molecule has 0 bridgehead atoms. The van der Waals surface area contributed by atoms with Gasteiger partial charge in [-0.1, -0.05) is 30.3 Å². The van der Waals surface area contributed by atoms with E-state index in [0.717, 1.165) is 34.2 Å². The third kappa shape index (κ3) is 5.75. The number of benzene rings is 3. The molecular formula is C27H22ClFN2O2S2. The molecule has 0 radical (unpaired) electrons. The van der Waals surface area contributed by atoms with Crippen LogP contribution in [0.4, 0.5) is 10.1 Å². The Morgan fingerprint density at radius 1 is 1.03 bits per heavy atom. The minimum atomic E-state index is -3.59. The van der Waals surface area contributed by atoms with Gasteiger partial charge in [0.05, 0.1) is 15.6 Å². The van der Waals surface area contributed by atoms with Crippen LogP contribution < -0.4 is 5.32 Å². The Morgan fingerprint density at radius 2 is 1.83 bits per heavy atom. The number of nitrogens with zero attached hydrogens (tertiary/aromatic N) is 1. The van der Waals surface area contributed by atoms with Crippen LogP contribution in [0.3, 0.4) is 0 Å². The van der Waals surface area contributed by atoms with E-state index in [9.17, 15) is 12.8 Å². The van der Waals surface area contributed by atoms with Gasteiger partial charge in [-0.2, -0.15) is 0 Å². The fourth-order valence-electron chi connectivity index (χ4n) is 3.65. The predicted octanol–water partition coefficient (Wildman–Crippen LogP) is 7.42. The van der Waals surface area contributed by atoms with Crippen LogP contribution in [0, 0.1) is 5.82 Å². The van der Waals surface area contributed by atoms with Crippen LogP contribution in [0.25, 0.3) is 28.1 Å². The summed E-state index contributed by atoms with van der Waals surface area (Å²) < 4.78 is 38.6. The van der Waals surface area contributed by atoms with Gasteiger partial charge < -0.3 is 5.32 Å². The fraction of sp³-hybridized carbons (Fsp3) is 0.0741. The number of aromatic nitrogens is 1. The number of hydrogen-bond acceptors (Lipinski definition) is 5. The van der Waals surface area contributed by atoms with Gasteiger partial charge in [0.25, 0.3) is 0 Å². The molecule has 178 valence electrons. The third-order valence-electron chi connectivity index (χ3n) is 5.36. The first kappa shape index (κ1) is 25.0. The summed E-state index contributed by atoms with van der Waals surface area (Å²) in [6, 6.07) is 20.7. The van der Waals surface area contributed by atoms with Crippen molar-refractivity contribution in [2.75, 3.05) is 17.8 Å². The number of hydrogen-bond donors (Lipinski definition) is 1. The van der Waals surface area contributed by atoms with Gasteiger partial charge >= 0.3 is 0 Å². The monoisotopic (exact) mass is 524 g/mol. The Morgan fingerprint density at radius 3 is 2.51 bits per heavy atom. The highest BCUT2D eigenvalue weighted by atomic mass is 35.5. The number of thioether (sulfide) groups is 1. The molecule has 0 unspecified atom stereocenters. The Bertz CT molecular complexity index is 1520. The van der Waals surface area contributed by atoms with E-state index in [-0.39, 0.29) is 4.90 Å². The number of anilines is 1. The molecule has 1 N–H and O–H groups in total. The quantitative estimate of drug-likeness (QED) is 0.255. The molecule has 0 fully saturated rings. The molecule has 0 spiro atoms. The van der Waals surface area contributed by atoms with E-state index in [2.05, 4.69) is 16.9 Å². The van der Waals surface area contributed by atoms with Crippen LogP contribution in [0.2, 0.25) is 5.02 Å². The molecular weight excluding hydrogens is 503 g/mol. The first-order valence-corrected chi connectivity index (χ1v) is 14.0. The number of sulfone groups is 1. The van der Waals surface area contributed by atoms with Gasteiger partial charge in [-0.3, -0.25) is 4.98 Å². The summed E-state index contributed by atoms with van der Waals surface area (Å²) in [4.78, 5) is 5.25. The zero-order valence-corrected chi connectivity index (χ0v) is 21.4. The molecule has 0 saturated carbocycles. The van der Waals surface area contributed by atoms with Gasteiger partial charge in [-0.15, -0.1) is 11.8 Å². The maximum absolute atomic E-state index is 14.4. The average molecular weight is 525 g/mol. The number of pyridine rings is 1. The first-order chi connectivity index (χ1) is 16.7. The highest BCUT2D eigenvalue weighted by molar-refractivity contribution is 7.98. The number of rotatable bonds is 7. The van der Waals surface area contributed by atoms with Crippen molar-refractivity contribution in [3.63, 3.8) is 0 Å². The summed E-state index contributed by atoms with van der Waals surface area (Å²) in [7, 11) is -3.59. The van der Waals surface area contributed by atoms with E-state index in [0.29, 0.717) is 27.4 Å². The van der Waals surface area contributed by atoms with Crippen LogP contribution in [0.1, 0.15) is 5.56 Å². The Labute approximate surface area is 213 Å². The SMILES string of the molecule is C=C(Nc1ccc(Cl)c(-c2ccccn2)c1)c1ccc(SC)cc1-c1cc(F)cc(S(C)(=O)=O)c1. The molecule has 4 rings (SSSR count). The maximum atomic E-state index is 14.4. The molecule has 0 aliphatic rings. The van der Waals surface area contributed by atoms with Crippen LogP contribution in [0.5, 0.6) is 0 Å². The van der Waals surface area contributed by atoms with Gasteiger partial charge in [-0.25, -0.2) is 12.8 Å². The van der Waals surface area contributed by atoms with Crippen molar-refractivity contribution in [3.05, 3.63) is 102 Å².